The van der Waals surface area contributed by atoms with Crippen LogP contribution in [0.5, 0.6) is 0 Å². The molecule has 1 aliphatic heterocycles. The standard InChI is InChI=1S/C20H30O3Si/c1-5-24(6-2,7-3)23-18-17-10-8-9-16(17)15(4)19(11-12-19)20(18)21-13-14-22-20/h8-10,18H,5-7,11-14H2,1-4H3. The maximum atomic E-state index is 7.05. The van der Waals surface area contributed by atoms with Crippen molar-refractivity contribution in [2.24, 2.45) is 5.41 Å². The predicted molar refractivity (Wildman–Crippen MR) is 98.3 cm³/mol. The Hall–Kier alpha value is -0.683. The average Bonchev–Trinajstić information content (AvgIpc) is 3.05. The highest BCUT2D eigenvalue weighted by Crippen LogP contribution is 2.68. The van der Waals surface area contributed by atoms with E-state index >= 15 is 0 Å². The summed E-state index contributed by atoms with van der Waals surface area (Å²) in [6.07, 6.45) is 8.90. The maximum absolute atomic E-state index is 7.05. The minimum Gasteiger partial charge on any atom is -0.404 e. The molecule has 2 spiro atoms. The molecule has 1 atom stereocenters. The fraction of sp³-hybridized carbons (Fsp3) is 0.700. The molecule has 4 heteroatoms. The molecule has 4 aliphatic rings. The number of ether oxygens (including phenoxy) is 2. The summed E-state index contributed by atoms with van der Waals surface area (Å²) in [6.45, 7) is 10.5. The van der Waals surface area contributed by atoms with Crippen LogP contribution in [0.15, 0.2) is 34.9 Å². The summed E-state index contributed by atoms with van der Waals surface area (Å²) >= 11 is 0. The fourth-order valence-electron chi connectivity index (χ4n) is 5.07. The Labute approximate surface area is 146 Å². The molecule has 132 valence electrons. The van der Waals surface area contributed by atoms with E-state index in [9.17, 15) is 0 Å². The maximum Gasteiger partial charge on any atom is 0.207 e. The van der Waals surface area contributed by atoms with E-state index in [1.165, 1.54) is 16.7 Å². The molecule has 0 aromatic carbocycles. The van der Waals surface area contributed by atoms with Gasteiger partial charge < -0.3 is 13.9 Å². The van der Waals surface area contributed by atoms with Crippen LogP contribution in [0.25, 0.3) is 0 Å². The smallest absolute Gasteiger partial charge is 0.207 e. The third kappa shape index (κ3) is 2.00. The van der Waals surface area contributed by atoms with Gasteiger partial charge in [-0.05, 0) is 49.0 Å². The zero-order valence-electron chi connectivity index (χ0n) is 15.5. The Morgan fingerprint density at radius 2 is 1.75 bits per heavy atom. The van der Waals surface area contributed by atoms with Gasteiger partial charge in [0, 0.05) is 5.41 Å². The molecule has 3 aliphatic carbocycles. The van der Waals surface area contributed by atoms with Crippen molar-refractivity contribution < 1.29 is 13.9 Å². The van der Waals surface area contributed by atoms with Gasteiger partial charge in [0.2, 0.25) is 5.79 Å². The van der Waals surface area contributed by atoms with Gasteiger partial charge in [0.1, 0.15) is 6.10 Å². The molecule has 1 saturated heterocycles. The molecule has 4 rings (SSSR count). The van der Waals surface area contributed by atoms with Gasteiger partial charge in [-0.25, -0.2) is 0 Å². The average molecular weight is 347 g/mol. The van der Waals surface area contributed by atoms with Gasteiger partial charge >= 0.3 is 0 Å². The van der Waals surface area contributed by atoms with Gasteiger partial charge in [0.25, 0.3) is 0 Å². The highest BCUT2D eigenvalue weighted by atomic mass is 28.4. The van der Waals surface area contributed by atoms with Gasteiger partial charge in [-0.1, -0.05) is 44.6 Å². The predicted octanol–water partition coefficient (Wildman–Crippen LogP) is 4.73. The van der Waals surface area contributed by atoms with Gasteiger partial charge in [-0.2, -0.15) is 0 Å². The van der Waals surface area contributed by atoms with E-state index in [1.54, 1.807) is 0 Å². The Kier molecular flexibility index (Phi) is 3.96. The summed E-state index contributed by atoms with van der Waals surface area (Å²) in [5.74, 6) is -0.587. The molecule has 0 N–H and O–H groups in total. The second-order valence-electron chi connectivity index (χ2n) is 7.71. The molecule has 1 heterocycles. The molecule has 24 heavy (non-hydrogen) atoms. The van der Waals surface area contributed by atoms with Crippen molar-refractivity contribution in [1.29, 1.82) is 0 Å². The van der Waals surface area contributed by atoms with E-state index in [4.69, 9.17) is 13.9 Å². The number of fused-ring (bicyclic) bond motifs is 2. The molecule has 0 aromatic rings. The summed E-state index contributed by atoms with van der Waals surface area (Å²) in [7, 11) is -1.77. The van der Waals surface area contributed by atoms with Gasteiger partial charge in [0.05, 0.1) is 13.2 Å². The zero-order chi connectivity index (χ0) is 17.0. The lowest BCUT2D eigenvalue weighted by Gasteiger charge is -2.50. The molecular formula is C20H30O3Si. The SMILES string of the molecule is CC[Si](CC)(CC)OC1C2=CC=CC2=C(C)C2(CC2)C12OCCO2. The molecule has 0 bridgehead atoms. The molecule has 2 fully saturated rings. The quantitative estimate of drug-likeness (QED) is 0.674. The van der Waals surface area contributed by atoms with E-state index in [0.29, 0.717) is 13.2 Å². The first kappa shape index (κ1) is 16.8. The third-order valence-corrected chi connectivity index (χ3v) is 11.6. The summed E-state index contributed by atoms with van der Waals surface area (Å²) in [5.41, 5.74) is 4.15. The lowest BCUT2D eigenvalue weighted by molar-refractivity contribution is -0.242. The van der Waals surface area contributed by atoms with Crippen LogP contribution in [-0.2, 0) is 13.9 Å². The lowest BCUT2D eigenvalue weighted by Crippen LogP contribution is -2.59. The largest absolute Gasteiger partial charge is 0.404 e. The van der Waals surface area contributed by atoms with Crippen LogP contribution in [0.3, 0.4) is 0 Å². The highest BCUT2D eigenvalue weighted by Gasteiger charge is 2.71. The first-order valence-corrected chi connectivity index (χ1v) is 12.2. The first-order valence-electron chi connectivity index (χ1n) is 9.64. The van der Waals surface area contributed by atoms with Crippen LogP contribution >= 0.6 is 0 Å². The van der Waals surface area contributed by atoms with E-state index in [2.05, 4.69) is 45.9 Å². The molecular weight excluding hydrogens is 316 g/mol. The molecule has 0 aromatic heterocycles. The monoisotopic (exact) mass is 346 g/mol. The van der Waals surface area contributed by atoms with Gasteiger partial charge in [-0.3, -0.25) is 0 Å². The Morgan fingerprint density at radius 1 is 1.12 bits per heavy atom. The number of rotatable bonds is 5. The molecule has 0 radical (unpaired) electrons. The number of allylic oxidation sites excluding steroid dienone is 3. The van der Waals surface area contributed by atoms with E-state index in [-0.39, 0.29) is 11.5 Å². The Balaban J connectivity index is 1.82. The van der Waals surface area contributed by atoms with Gasteiger partial charge in [0.15, 0.2) is 8.32 Å². The van der Waals surface area contributed by atoms with Crippen molar-refractivity contribution >= 4 is 8.32 Å². The number of hydrogen-bond donors (Lipinski definition) is 0. The minimum absolute atomic E-state index is 0.0326. The van der Waals surface area contributed by atoms with Crippen molar-refractivity contribution in [1.82, 2.24) is 0 Å². The first-order chi connectivity index (χ1) is 11.6. The molecule has 3 nitrogen and oxygen atoms in total. The minimum atomic E-state index is -1.77. The lowest BCUT2D eigenvalue weighted by atomic mass is 9.72. The van der Waals surface area contributed by atoms with E-state index in [1.807, 2.05) is 0 Å². The zero-order valence-corrected chi connectivity index (χ0v) is 16.5. The van der Waals surface area contributed by atoms with Crippen LogP contribution in [0.2, 0.25) is 18.1 Å². The number of hydrogen-bond acceptors (Lipinski definition) is 3. The fourth-order valence-corrected chi connectivity index (χ4v) is 7.86. The Bertz CT molecular complexity index is 609. The third-order valence-electron chi connectivity index (χ3n) is 7.03. The molecule has 1 saturated carbocycles. The van der Waals surface area contributed by atoms with E-state index < -0.39 is 14.1 Å². The molecule has 1 unspecified atom stereocenters. The van der Waals surface area contributed by atoms with Crippen molar-refractivity contribution in [3.05, 3.63) is 34.9 Å². The topological polar surface area (TPSA) is 27.7 Å². The highest BCUT2D eigenvalue weighted by molar-refractivity contribution is 6.73. The van der Waals surface area contributed by atoms with Crippen molar-refractivity contribution in [2.75, 3.05) is 13.2 Å². The summed E-state index contributed by atoms with van der Waals surface area (Å²) in [5, 5.41) is 0. The van der Waals surface area contributed by atoms with Crippen molar-refractivity contribution in [3.8, 4) is 0 Å². The van der Waals surface area contributed by atoms with Crippen molar-refractivity contribution in [3.63, 3.8) is 0 Å². The van der Waals surface area contributed by atoms with Crippen LogP contribution in [0, 0.1) is 5.41 Å². The normalized spacial score (nSPS) is 29.5. The molecule has 0 amide bonds. The van der Waals surface area contributed by atoms with Crippen molar-refractivity contribution in [2.45, 2.75) is 70.6 Å². The summed E-state index contributed by atoms with van der Waals surface area (Å²) < 4.78 is 19.9. The van der Waals surface area contributed by atoms with Crippen LogP contribution in [0.4, 0.5) is 0 Å². The summed E-state index contributed by atoms with van der Waals surface area (Å²) in [6, 6.07) is 3.45. The second-order valence-corrected chi connectivity index (χ2v) is 12.4. The summed E-state index contributed by atoms with van der Waals surface area (Å²) in [4.78, 5) is 0. The Morgan fingerprint density at radius 3 is 2.29 bits per heavy atom. The van der Waals surface area contributed by atoms with Gasteiger partial charge in [-0.15, -0.1) is 0 Å². The van der Waals surface area contributed by atoms with Crippen LogP contribution in [-0.4, -0.2) is 33.4 Å². The van der Waals surface area contributed by atoms with Crippen LogP contribution in [0.1, 0.15) is 40.5 Å². The van der Waals surface area contributed by atoms with E-state index in [0.717, 1.165) is 31.0 Å². The second kappa shape index (κ2) is 5.66. The van der Waals surface area contributed by atoms with Crippen LogP contribution < -0.4 is 0 Å².